The van der Waals surface area contributed by atoms with E-state index >= 15 is 0 Å². The third-order valence-corrected chi connectivity index (χ3v) is 6.43. The van der Waals surface area contributed by atoms with Crippen LogP contribution in [0.5, 0.6) is 0 Å². The molecule has 0 aliphatic heterocycles. The average Bonchev–Trinajstić information content (AvgIpc) is 3.29. The molecule has 2 nitrogen and oxygen atoms in total. The SMILES string of the molecule is C=Cc1ccc2oc3c(-c4cccc(-c5cccnc5)c4)cc4ccccc4c3c2c1/C=C\C. The molecule has 0 bridgehead atoms. The van der Waals surface area contributed by atoms with Gasteiger partial charge in [-0.2, -0.15) is 0 Å². The summed E-state index contributed by atoms with van der Waals surface area (Å²) in [6.45, 7) is 6.08. The molecule has 0 atom stereocenters. The van der Waals surface area contributed by atoms with E-state index in [1.807, 2.05) is 25.3 Å². The highest BCUT2D eigenvalue weighted by atomic mass is 16.3. The Bertz CT molecular complexity index is 1720. The topological polar surface area (TPSA) is 26.0 Å². The molecule has 0 aliphatic carbocycles. The van der Waals surface area contributed by atoms with Crippen LogP contribution in [0.4, 0.5) is 0 Å². The Morgan fingerprint density at radius 3 is 2.50 bits per heavy atom. The largest absolute Gasteiger partial charge is 0.455 e. The van der Waals surface area contributed by atoms with Crippen LogP contribution in [0.3, 0.4) is 0 Å². The van der Waals surface area contributed by atoms with Gasteiger partial charge >= 0.3 is 0 Å². The Kier molecular flexibility index (Phi) is 4.85. The van der Waals surface area contributed by atoms with Crippen LogP contribution in [0.15, 0.2) is 108 Å². The van der Waals surface area contributed by atoms with E-state index in [9.17, 15) is 0 Å². The van der Waals surface area contributed by atoms with Crippen molar-refractivity contribution in [2.75, 3.05) is 0 Å². The van der Waals surface area contributed by atoms with E-state index in [1.54, 1.807) is 6.20 Å². The highest BCUT2D eigenvalue weighted by Gasteiger charge is 2.19. The fourth-order valence-electron chi connectivity index (χ4n) is 4.89. The first-order chi connectivity index (χ1) is 16.8. The molecule has 0 N–H and O–H groups in total. The molecular formula is C32H23NO. The van der Waals surface area contributed by atoms with Crippen molar-refractivity contribution >= 4 is 44.9 Å². The van der Waals surface area contributed by atoms with Gasteiger partial charge in [-0.05, 0) is 64.2 Å². The van der Waals surface area contributed by atoms with Gasteiger partial charge in [0.15, 0.2) is 0 Å². The molecule has 0 fully saturated rings. The number of furan rings is 1. The zero-order valence-electron chi connectivity index (χ0n) is 19.0. The third-order valence-electron chi connectivity index (χ3n) is 6.43. The van der Waals surface area contributed by atoms with E-state index in [2.05, 4.69) is 96.5 Å². The zero-order chi connectivity index (χ0) is 23.1. The summed E-state index contributed by atoms with van der Waals surface area (Å²) in [5.74, 6) is 0. The predicted molar refractivity (Wildman–Crippen MR) is 145 cm³/mol. The van der Waals surface area contributed by atoms with Gasteiger partial charge in [0.1, 0.15) is 11.2 Å². The molecule has 0 amide bonds. The highest BCUT2D eigenvalue weighted by molar-refractivity contribution is 6.24. The number of rotatable bonds is 4. The maximum absolute atomic E-state index is 6.60. The summed E-state index contributed by atoms with van der Waals surface area (Å²) in [6.07, 6.45) is 9.84. The number of hydrogen-bond donors (Lipinski definition) is 0. The van der Waals surface area contributed by atoms with Gasteiger partial charge in [0.25, 0.3) is 0 Å². The van der Waals surface area contributed by atoms with Crippen molar-refractivity contribution in [3.8, 4) is 22.3 Å². The normalized spacial score (nSPS) is 11.7. The van der Waals surface area contributed by atoms with Gasteiger partial charge in [0.2, 0.25) is 0 Å². The monoisotopic (exact) mass is 437 g/mol. The van der Waals surface area contributed by atoms with Crippen LogP contribution in [0.25, 0.3) is 67.1 Å². The van der Waals surface area contributed by atoms with E-state index in [0.717, 1.165) is 55.3 Å². The van der Waals surface area contributed by atoms with Crippen molar-refractivity contribution in [2.45, 2.75) is 6.92 Å². The lowest BCUT2D eigenvalue weighted by molar-refractivity contribution is 0.670. The smallest absolute Gasteiger partial charge is 0.143 e. The lowest BCUT2D eigenvalue weighted by atomic mass is 9.92. The van der Waals surface area contributed by atoms with E-state index in [0.29, 0.717) is 0 Å². The maximum Gasteiger partial charge on any atom is 0.143 e. The number of pyridine rings is 1. The van der Waals surface area contributed by atoms with Crippen LogP contribution < -0.4 is 0 Å². The van der Waals surface area contributed by atoms with Gasteiger partial charge in [-0.1, -0.05) is 79.4 Å². The number of nitrogens with zero attached hydrogens (tertiary/aromatic N) is 1. The van der Waals surface area contributed by atoms with E-state index in [-0.39, 0.29) is 0 Å². The zero-order valence-corrected chi connectivity index (χ0v) is 19.0. The number of hydrogen-bond acceptors (Lipinski definition) is 2. The van der Waals surface area contributed by atoms with E-state index < -0.39 is 0 Å². The van der Waals surface area contributed by atoms with Crippen LogP contribution in [-0.2, 0) is 0 Å². The molecular weight excluding hydrogens is 414 g/mol. The van der Waals surface area contributed by atoms with Crippen LogP contribution in [0.2, 0.25) is 0 Å². The molecule has 2 heterocycles. The Morgan fingerprint density at radius 1 is 0.824 bits per heavy atom. The minimum atomic E-state index is 0.884. The molecule has 6 rings (SSSR count). The Hall–Kier alpha value is -4.43. The molecule has 0 unspecified atom stereocenters. The van der Waals surface area contributed by atoms with Crippen LogP contribution in [0.1, 0.15) is 18.1 Å². The lowest BCUT2D eigenvalue weighted by Crippen LogP contribution is -1.86. The highest BCUT2D eigenvalue weighted by Crippen LogP contribution is 2.43. The summed E-state index contributed by atoms with van der Waals surface area (Å²) in [7, 11) is 0. The molecule has 2 heteroatoms. The molecule has 6 aromatic rings. The molecule has 0 aliphatic rings. The van der Waals surface area contributed by atoms with Crippen LogP contribution in [-0.4, -0.2) is 4.98 Å². The van der Waals surface area contributed by atoms with Crippen molar-refractivity contribution in [1.82, 2.24) is 4.98 Å². The molecule has 0 saturated carbocycles. The Labute approximate surface area is 198 Å². The van der Waals surface area contributed by atoms with Gasteiger partial charge < -0.3 is 4.42 Å². The maximum atomic E-state index is 6.60. The standard InChI is InChI=1S/C32H23NO/c1-3-9-26-21(4-2)15-16-29-30(26)31-27-14-6-5-10-24(27)19-28(32(31)34-29)23-12-7-11-22(18-23)25-13-8-17-33-20-25/h3-20H,2H2,1H3/b9-3-. The molecule has 2 aromatic heterocycles. The fraction of sp³-hybridized carbons (Fsp3) is 0.0312. The molecule has 34 heavy (non-hydrogen) atoms. The summed E-state index contributed by atoms with van der Waals surface area (Å²) in [5.41, 5.74) is 8.46. The first-order valence-corrected chi connectivity index (χ1v) is 11.5. The predicted octanol–water partition coefficient (Wildman–Crippen LogP) is 9.14. The molecule has 162 valence electrons. The average molecular weight is 438 g/mol. The minimum Gasteiger partial charge on any atom is -0.455 e. The summed E-state index contributed by atoms with van der Waals surface area (Å²) in [6, 6.07) is 27.6. The van der Waals surface area contributed by atoms with Crippen molar-refractivity contribution in [3.05, 3.63) is 115 Å². The first-order valence-electron chi connectivity index (χ1n) is 11.5. The van der Waals surface area contributed by atoms with Crippen LogP contribution in [0, 0.1) is 0 Å². The van der Waals surface area contributed by atoms with Crippen molar-refractivity contribution < 1.29 is 4.42 Å². The molecule has 0 saturated heterocycles. The second kappa shape index (κ2) is 8.17. The number of allylic oxidation sites excluding steroid dienone is 1. The summed E-state index contributed by atoms with van der Waals surface area (Å²) >= 11 is 0. The van der Waals surface area contributed by atoms with Crippen LogP contribution >= 0.6 is 0 Å². The molecule has 0 spiro atoms. The van der Waals surface area contributed by atoms with Crippen molar-refractivity contribution in [2.24, 2.45) is 0 Å². The third kappa shape index (κ3) is 3.15. The van der Waals surface area contributed by atoms with Crippen molar-refractivity contribution in [1.29, 1.82) is 0 Å². The summed E-state index contributed by atoms with van der Waals surface area (Å²) in [5, 5.41) is 4.66. The number of fused-ring (bicyclic) bond motifs is 5. The van der Waals surface area contributed by atoms with Crippen molar-refractivity contribution in [3.63, 3.8) is 0 Å². The van der Waals surface area contributed by atoms with E-state index in [1.165, 1.54) is 10.8 Å². The minimum absolute atomic E-state index is 0.884. The second-order valence-electron chi connectivity index (χ2n) is 8.42. The van der Waals surface area contributed by atoms with Gasteiger partial charge in [0.05, 0.1) is 0 Å². The number of aromatic nitrogens is 1. The fourth-order valence-corrected chi connectivity index (χ4v) is 4.89. The Balaban J connectivity index is 1.74. The lowest BCUT2D eigenvalue weighted by Gasteiger charge is -2.10. The molecule has 0 radical (unpaired) electrons. The quantitative estimate of drug-likeness (QED) is 0.275. The van der Waals surface area contributed by atoms with E-state index in [4.69, 9.17) is 4.42 Å². The number of benzene rings is 4. The van der Waals surface area contributed by atoms with Gasteiger partial charge in [-0.3, -0.25) is 4.98 Å². The molecule has 4 aromatic carbocycles. The van der Waals surface area contributed by atoms with Gasteiger partial charge in [-0.25, -0.2) is 0 Å². The van der Waals surface area contributed by atoms with Gasteiger partial charge in [0, 0.05) is 34.3 Å². The summed E-state index contributed by atoms with van der Waals surface area (Å²) in [4.78, 5) is 4.29. The van der Waals surface area contributed by atoms with Gasteiger partial charge in [-0.15, -0.1) is 0 Å². The second-order valence-corrected chi connectivity index (χ2v) is 8.42. The summed E-state index contributed by atoms with van der Waals surface area (Å²) < 4.78 is 6.60. The Morgan fingerprint density at radius 2 is 1.68 bits per heavy atom. The first kappa shape index (κ1) is 20.2.